The molecule has 0 fully saturated rings. The molecular weight excluding hydrogens is 755 g/mol. The van der Waals surface area contributed by atoms with Crippen LogP contribution in [0.15, 0.2) is 237 Å². The number of anilines is 3. The van der Waals surface area contributed by atoms with E-state index in [1.165, 1.54) is 86.6 Å². The third-order valence-corrected chi connectivity index (χ3v) is 14.0. The molecule has 1 heterocycles. The highest BCUT2D eigenvalue weighted by Gasteiger charge is 2.47. The molecule has 0 aliphatic heterocycles. The van der Waals surface area contributed by atoms with Gasteiger partial charge in [-0.25, -0.2) is 0 Å². The Labute approximate surface area is 360 Å². The highest BCUT2D eigenvalue weighted by molar-refractivity contribution is 7.26. The van der Waals surface area contributed by atoms with Crippen molar-refractivity contribution in [1.29, 1.82) is 0 Å². The molecule has 12 rings (SSSR count). The number of hydrogen-bond acceptors (Lipinski definition) is 2. The topological polar surface area (TPSA) is 3.24 Å². The second-order valence-electron chi connectivity index (χ2n) is 15.9. The van der Waals surface area contributed by atoms with Crippen LogP contribution in [-0.4, -0.2) is 0 Å². The zero-order chi connectivity index (χ0) is 40.3. The Bertz CT molecular complexity index is 3390. The lowest BCUT2D eigenvalue weighted by Gasteiger charge is -2.34. The molecule has 286 valence electrons. The van der Waals surface area contributed by atoms with Crippen LogP contribution < -0.4 is 4.90 Å². The van der Waals surface area contributed by atoms with E-state index in [2.05, 4.69) is 241 Å². The number of nitrogens with zero attached hydrogens (tertiary/aromatic N) is 1. The van der Waals surface area contributed by atoms with Crippen LogP contribution in [-0.2, 0) is 5.41 Å². The fourth-order valence-electron chi connectivity index (χ4n) is 10.2. The first-order valence-corrected chi connectivity index (χ1v) is 21.8. The maximum atomic E-state index is 2.54. The van der Waals surface area contributed by atoms with Crippen molar-refractivity contribution in [3.63, 3.8) is 0 Å². The summed E-state index contributed by atoms with van der Waals surface area (Å²) < 4.78 is 2.61. The molecule has 0 bridgehead atoms. The molecule has 0 N–H and O–H groups in total. The zero-order valence-corrected chi connectivity index (χ0v) is 34.2. The minimum absolute atomic E-state index is 0.525. The van der Waals surface area contributed by atoms with Gasteiger partial charge in [-0.3, -0.25) is 0 Å². The van der Waals surface area contributed by atoms with Crippen molar-refractivity contribution in [2.75, 3.05) is 4.90 Å². The van der Waals surface area contributed by atoms with Gasteiger partial charge in [0.15, 0.2) is 0 Å². The van der Waals surface area contributed by atoms with Gasteiger partial charge in [0.2, 0.25) is 0 Å². The molecule has 0 radical (unpaired) electrons. The second-order valence-corrected chi connectivity index (χ2v) is 17.0. The van der Waals surface area contributed by atoms with Crippen LogP contribution in [0, 0.1) is 0 Å². The van der Waals surface area contributed by atoms with Crippen LogP contribution >= 0.6 is 11.3 Å². The number of para-hydroxylation sites is 1. The summed E-state index contributed by atoms with van der Waals surface area (Å²) in [5.41, 5.74) is 15.3. The van der Waals surface area contributed by atoms with Crippen molar-refractivity contribution in [3.8, 4) is 33.4 Å². The summed E-state index contributed by atoms with van der Waals surface area (Å²) in [5.74, 6) is 0. The molecule has 1 aliphatic rings. The van der Waals surface area contributed by atoms with E-state index in [1.54, 1.807) is 0 Å². The maximum Gasteiger partial charge on any atom is 0.0714 e. The summed E-state index contributed by atoms with van der Waals surface area (Å²) in [5, 5.41) is 5.08. The quantitative estimate of drug-likeness (QED) is 0.155. The van der Waals surface area contributed by atoms with Gasteiger partial charge in [-0.05, 0) is 80.0 Å². The molecule has 11 aromatic rings. The van der Waals surface area contributed by atoms with Crippen molar-refractivity contribution in [2.45, 2.75) is 5.41 Å². The van der Waals surface area contributed by atoms with Crippen LogP contribution in [0.3, 0.4) is 0 Å². The van der Waals surface area contributed by atoms with Crippen LogP contribution in [0.25, 0.3) is 64.3 Å². The van der Waals surface area contributed by atoms with Gasteiger partial charge in [-0.15, -0.1) is 11.3 Å². The lowest BCUT2D eigenvalue weighted by molar-refractivity contribution is 0.768. The molecule has 0 spiro atoms. The van der Waals surface area contributed by atoms with E-state index in [-0.39, 0.29) is 0 Å². The number of benzene rings is 10. The predicted molar refractivity (Wildman–Crippen MR) is 260 cm³/mol. The second kappa shape index (κ2) is 14.3. The Balaban J connectivity index is 1.17. The fraction of sp³-hybridized carbons (Fsp3) is 0.0169. The Kier molecular flexibility index (Phi) is 8.33. The van der Waals surface area contributed by atoms with Crippen LogP contribution in [0.5, 0.6) is 0 Å². The first-order valence-electron chi connectivity index (χ1n) is 21.0. The van der Waals surface area contributed by atoms with E-state index in [0.29, 0.717) is 0 Å². The number of thiophene rings is 1. The highest BCUT2D eigenvalue weighted by Crippen LogP contribution is 2.60. The fourth-order valence-corrected chi connectivity index (χ4v) is 11.4. The van der Waals surface area contributed by atoms with E-state index < -0.39 is 5.41 Å². The number of fused-ring (bicyclic) bond motifs is 7. The number of rotatable bonds is 7. The molecule has 1 aliphatic carbocycles. The van der Waals surface area contributed by atoms with Crippen molar-refractivity contribution < 1.29 is 0 Å². The van der Waals surface area contributed by atoms with E-state index in [9.17, 15) is 0 Å². The molecule has 0 amide bonds. The Morgan fingerprint density at radius 2 is 0.918 bits per heavy atom. The molecule has 10 aromatic carbocycles. The molecule has 0 saturated carbocycles. The molecule has 2 heteroatoms. The van der Waals surface area contributed by atoms with Crippen molar-refractivity contribution >= 4 is 59.3 Å². The molecule has 0 unspecified atom stereocenters. The van der Waals surface area contributed by atoms with Gasteiger partial charge in [0.1, 0.15) is 0 Å². The summed E-state index contributed by atoms with van der Waals surface area (Å²) in [6, 6.07) is 87.4. The lowest BCUT2D eigenvalue weighted by atomic mass is 9.68. The molecule has 1 aromatic heterocycles. The minimum atomic E-state index is -0.525. The van der Waals surface area contributed by atoms with E-state index in [4.69, 9.17) is 0 Å². The van der Waals surface area contributed by atoms with Gasteiger partial charge in [0.25, 0.3) is 0 Å². The average molecular weight is 794 g/mol. The van der Waals surface area contributed by atoms with Crippen LogP contribution in [0.4, 0.5) is 17.1 Å². The summed E-state index contributed by atoms with van der Waals surface area (Å²) in [6.07, 6.45) is 0. The van der Waals surface area contributed by atoms with Gasteiger partial charge < -0.3 is 4.90 Å². The smallest absolute Gasteiger partial charge is 0.0714 e. The predicted octanol–water partition coefficient (Wildman–Crippen LogP) is 16.4. The van der Waals surface area contributed by atoms with Gasteiger partial charge in [-0.1, -0.05) is 206 Å². The minimum Gasteiger partial charge on any atom is -0.309 e. The normalized spacial score (nSPS) is 12.7. The third kappa shape index (κ3) is 5.46. The first kappa shape index (κ1) is 35.4. The molecule has 0 saturated heterocycles. The standard InChI is InChI=1S/C59H39NS/c1-3-22-42(23-4-1)59(43-24-5-2-6-25-43)52-34-12-9-30-51(52)57-53(59)35-18-37-55(57)60(44-26-15-21-41(39-44)46-31-16-20-40-19-7-8-27-45(40)46)54-36-13-10-28-47(54)49-32-17-33-50-48-29-11-14-38-56(48)61-58(49)50/h1-39H. The van der Waals surface area contributed by atoms with Crippen LogP contribution in [0.2, 0.25) is 0 Å². The van der Waals surface area contributed by atoms with Crippen molar-refractivity contribution in [2.24, 2.45) is 0 Å². The summed E-state index contributed by atoms with van der Waals surface area (Å²) >= 11 is 1.88. The molecule has 61 heavy (non-hydrogen) atoms. The van der Waals surface area contributed by atoms with E-state index in [0.717, 1.165) is 17.1 Å². The maximum absolute atomic E-state index is 2.54. The SMILES string of the molecule is c1ccc(C2(c3ccccc3)c3ccccc3-c3c(N(c4cccc(-c5cccc6ccccc56)c4)c4ccccc4-c4cccc5c4sc4ccccc45)cccc32)cc1. The Hall–Kier alpha value is -7.52. The van der Waals surface area contributed by atoms with Crippen molar-refractivity contribution in [1.82, 2.24) is 0 Å². The van der Waals surface area contributed by atoms with Gasteiger partial charge in [-0.2, -0.15) is 0 Å². The summed E-state index contributed by atoms with van der Waals surface area (Å²) in [6.45, 7) is 0. The highest BCUT2D eigenvalue weighted by atomic mass is 32.1. The third-order valence-electron chi connectivity index (χ3n) is 12.7. The Morgan fingerprint density at radius 3 is 1.75 bits per heavy atom. The molecule has 0 atom stereocenters. The van der Waals surface area contributed by atoms with E-state index in [1.807, 2.05) is 11.3 Å². The average Bonchev–Trinajstić information content (AvgIpc) is 3.87. The summed E-state index contributed by atoms with van der Waals surface area (Å²) in [7, 11) is 0. The van der Waals surface area contributed by atoms with E-state index >= 15 is 0 Å². The van der Waals surface area contributed by atoms with Gasteiger partial charge in [0.05, 0.1) is 16.8 Å². The molecule has 1 nitrogen and oxygen atoms in total. The van der Waals surface area contributed by atoms with Gasteiger partial charge >= 0.3 is 0 Å². The lowest BCUT2D eigenvalue weighted by Crippen LogP contribution is -2.28. The van der Waals surface area contributed by atoms with Crippen LogP contribution in [0.1, 0.15) is 22.3 Å². The first-order chi connectivity index (χ1) is 30.3. The largest absolute Gasteiger partial charge is 0.309 e. The molecular formula is C59H39NS. The Morgan fingerprint density at radius 1 is 0.361 bits per heavy atom. The van der Waals surface area contributed by atoms with Gasteiger partial charge in [0, 0.05) is 42.6 Å². The zero-order valence-electron chi connectivity index (χ0n) is 33.4. The monoisotopic (exact) mass is 793 g/mol. The van der Waals surface area contributed by atoms with Crippen molar-refractivity contribution in [3.05, 3.63) is 259 Å². The number of hydrogen-bond donors (Lipinski definition) is 0. The summed E-state index contributed by atoms with van der Waals surface area (Å²) in [4.78, 5) is 2.54.